The van der Waals surface area contributed by atoms with E-state index in [0.717, 1.165) is 36.3 Å². The average Bonchev–Trinajstić information content (AvgIpc) is 2.67. The number of hydrogen-bond acceptors (Lipinski definition) is 4. The average molecular weight is 367 g/mol. The molecule has 1 fully saturated rings. The highest BCUT2D eigenvalue weighted by molar-refractivity contribution is 5.88. The lowest BCUT2D eigenvalue weighted by Gasteiger charge is -2.36. The molecule has 0 radical (unpaired) electrons. The number of amides is 1. The number of benzene rings is 1. The van der Waals surface area contributed by atoms with Gasteiger partial charge in [0.05, 0.1) is 17.0 Å². The molecular formula is C21H25N3O3. The summed E-state index contributed by atoms with van der Waals surface area (Å²) >= 11 is 0. The third-order valence-corrected chi connectivity index (χ3v) is 4.87. The van der Waals surface area contributed by atoms with Crippen molar-refractivity contribution in [3.63, 3.8) is 0 Å². The number of carboxylic acid groups (broad SMARTS) is 1. The van der Waals surface area contributed by atoms with E-state index in [2.05, 4.69) is 9.97 Å². The van der Waals surface area contributed by atoms with Crippen molar-refractivity contribution in [1.29, 1.82) is 0 Å². The third kappa shape index (κ3) is 4.15. The van der Waals surface area contributed by atoms with E-state index in [1.807, 2.05) is 25.7 Å². The Morgan fingerprint density at radius 1 is 1.11 bits per heavy atom. The molecule has 1 N–H and O–H groups in total. The Hall–Kier alpha value is -2.76. The summed E-state index contributed by atoms with van der Waals surface area (Å²) in [5, 5.41) is 9.09. The van der Waals surface area contributed by atoms with E-state index >= 15 is 0 Å². The molecule has 0 aliphatic carbocycles. The Labute approximate surface area is 159 Å². The van der Waals surface area contributed by atoms with Crippen LogP contribution in [0.2, 0.25) is 0 Å². The summed E-state index contributed by atoms with van der Waals surface area (Å²) in [6.45, 7) is 7.23. The normalized spacial score (nSPS) is 17.6. The van der Waals surface area contributed by atoms with Crippen LogP contribution in [-0.4, -0.2) is 44.9 Å². The lowest BCUT2D eigenvalue weighted by Crippen LogP contribution is -2.44. The van der Waals surface area contributed by atoms with Gasteiger partial charge in [0.1, 0.15) is 0 Å². The second-order valence-electron chi connectivity index (χ2n) is 8.01. The number of aromatic nitrogens is 2. The minimum atomic E-state index is -0.954. The predicted octanol–water partition coefficient (Wildman–Crippen LogP) is 3.59. The van der Waals surface area contributed by atoms with Crippen LogP contribution in [0.1, 0.15) is 55.6 Å². The van der Waals surface area contributed by atoms with E-state index in [1.165, 1.54) is 0 Å². The van der Waals surface area contributed by atoms with Gasteiger partial charge in [-0.2, -0.15) is 0 Å². The number of nitrogens with zero attached hydrogens (tertiary/aromatic N) is 3. The Bertz CT molecular complexity index is 840. The summed E-state index contributed by atoms with van der Waals surface area (Å²) < 4.78 is 0. The van der Waals surface area contributed by atoms with Crippen molar-refractivity contribution in [3.8, 4) is 11.3 Å². The molecule has 1 aliphatic heterocycles. The molecule has 142 valence electrons. The van der Waals surface area contributed by atoms with E-state index in [0.29, 0.717) is 6.54 Å². The molecule has 0 saturated carbocycles. The molecule has 1 unspecified atom stereocenters. The van der Waals surface area contributed by atoms with Crippen molar-refractivity contribution < 1.29 is 14.7 Å². The highest BCUT2D eigenvalue weighted by atomic mass is 16.4. The van der Waals surface area contributed by atoms with Crippen molar-refractivity contribution in [2.24, 2.45) is 5.41 Å². The number of carbonyl (C=O) groups excluding carboxylic acids is 1. The summed E-state index contributed by atoms with van der Waals surface area (Å²) in [5.41, 5.74) is 2.29. The van der Waals surface area contributed by atoms with Crippen LogP contribution < -0.4 is 0 Å². The van der Waals surface area contributed by atoms with Crippen molar-refractivity contribution in [2.45, 2.75) is 39.5 Å². The van der Waals surface area contributed by atoms with E-state index in [9.17, 15) is 9.59 Å². The van der Waals surface area contributed by atoms with Gasteiger partial charge in [0.2, 0.25) is 5.91 Å². The molecule has 6 heteroatoms. The first-order valence-electron chi connectivity index (χ1n) is 9.21. The fraction of sp³-hybridized carbons (Fsp3) is 0.429. The molecule has 1 aromatic carbocycles. The van der Waals surface area contributed by atoms with Gasteiger partial charge in [-0.15, -0.1) is 0 Å². The largest absolute Gasteiger partial charge is 0.478 e. The highest BCUT2D eigenvalue weighted by Gasteiger charge is 2.32. The maximum atomic E-state index is 12.7. The van der Waals surface area contributed by atoms with Crippen LogP contribution >= 0.6 is 0 Å². The summed E-state index contributed by atoms with van der Waals surface area (Å²) in [5.74, 6) is -0.680. The summed E-state index contributed by atoms with van der Waals surface area (Å²) in [6, 6.07) is 6.68. The van der Waals surface area contributed by atoms with Crippen LogP contribution in [0.4, 0.5) is 0 Å². The fourth-order valence-corrected chi connectivity index (χ4v) is 3.50. The van der Waals surface area contributed by atoms with Gasteiger partial charge in [-0.3, -0.25) is 14.8 Å². The molecular weight excluding hydrogens is 342 g/mol. The monoisotopic (exact) mass is 367 g/mol. The molecule has 27 heavy (non-hydrogen) atoms. The number of aromatic carboxylic acids is 1. The smallest absolute Gasteiger partial charge is 0.335 e. The van der Waals surface area contributed by atoms with Crippen molar-refractivity contribution in [1.82, 2.24) is 14.9 Å². The van der Waals surface area contributed by atoms with Crippen molar-refractivity contribution in [2.75, 3.05) is 13.1 Å². The first-order valence-corrected chi connectivity index (χ1v) is 9.21. The first-order chi connectivity index (χ1) is 12.8. The molecule has 0 spiro atoms. The number of carboxylic acids is 1. The third-order valence-electron chi connectivity index (χ3n) is 4.87. The second-order valence-corrected chi connectivity index (χ2v) is 8.01. The molecule has 1 atom stereocenters. The molecule has 2 aromatic rings. The van der Waals surface area contributed by atoms with Crippen LogP contribution in [0.3, 0.4) is 0 Å². The maximum Gasteiger partial charge on any atom is 0.335 e. The number of likely N-dealkylation sites (tertiary alicyclic amines) is 1. The van der Waals surface area contributed by atoms with E-state index in [4.69, 9.17) is 5.11 Å². The van der Waals surface area contributed by atoms with E-state index < -0.39 is 11.4 Å². The Morgan fingerprint density at radius 2 is 1.78 bits per heavy atom. The number of carbonyl (C=O) groups is 2. The van der Waals surface area contributed by atoms with Crippen LogP contribution in [0, 0.1) is 5.41 Å². The zero-order valence-corrected chi connectivity index (χ0v) is 16.0. The van der Waals surface area contributed by atoms with Gasteiger partial charge in [-0.1, -0.05) is 32.9 Å². The molecule has 1 amide bonds. The SMILES string of the molecule is CC(C)(C)C(=O)N1CCCC(c2nccnc2-c2ccc(C(=O)O)cc2)C1. The van der Waals surface area contributed by atoms with E-state index in [1.54, 1.807) is 36.7 Å². The maximum absolute atomic E-state index is 12.7. The Morgan fingerprint density at radius 3 is 2.41 bits per heavy atom. The van der Waals surface area contributed by atoms with Crippen molar-refractivity contribution in [3.05, 3.63) is 47.9 Å². The van der Waals surface area contributed by atoms with Gasteiger partial charge < -0.3 is 10.0 Å². The molecule has 2 heterocycles. The summed E-state index contributed by atoms with van der Waals surface area (Å²) in [7, 11) is 0. The quantitative estimate of drug-likeness (QED) is 0.896. The van der Waals surface area contributed by atoms with E-state index in [-0.39, 0.29) is 17.4 Å². The summed E-state index contributed by atoms with van der Waals surface area (Å²) in [4.78, 5) is 34.8. The second kappa shape index (κ2) is 7.47. The van der Waals surface area contributed by atoms with Gasteiger partial charge in [0.15, 0.2) is 0 Å². The van der Waals surface area contributed by atoms with Crippen LogP contribution in [-0.2, 0) is 4.79 Å². The van der Waals surface area contributed by atoms with Crippen LogP contribution in [0.25, 0.3) is 11.3 Å². The molecule has 1 aliphatic rings. The molecule has 1 saturated heterocycles. The molecule has 0 bridgehead atoms. The highest BCUT2D eigenvalue weighted by Crippen LogP contribution is 2.33. The molecule has 6 nitrogen and oxygen atoms in total. The van der Waals surface area contributed by atoms with Gasteiger partial charge >= 0.3 is 5.97 Å². The first kappa shape index (κ1) is 19.0. The van der Waals surface area contributed by atoms with Gasteiger partial charge in [0, 0.05) is 42.4 Å². The standard InChI is InChI=1S/C21H25N3O3/c1-21(2,3)20(27)24-12-4-5-16(13-24)18-17(22-10-11-23-18)14-6-8-15(9-7-14)19(25)26/h6-11,16H,4-5,12-13H2,1-3H3,(H,25,26). The lowest BCUT2D eigenvalue weighted by molar-refractivity contribution is -0.140. The molecule has 3 rings (SSSR count). The van der Waals surface area contributed by atoms with Crippen LogP contribution in [0.15, 0.2) is 36.7 Å². The number of rotatable bonds is 3. The Balaban J connectivity index is 1.89. The minimum Gasteiger partial charge on any atom is -0.478 e. The number of hydrogen-bond donors (Lipinski definition) is 1. The number of piperidine rings is 1. The zero-order valence-electron chi connectivity index (χ0n) is 16.0. The Kier molecular flexibility index (Phi) is 5.26. The molecule has 1 aromatic heterocycles. The minimum absolute atomic E-state index is 0.118. The topological polar surface area (TPSA) is 83.4 Å². The van der Waals surface area contributed by atoms with Gasteiger partial charge in [-0.25, -0.2) is 4.79 Å². The van der Waals surface area contributed by atoms with Crippen LogP contribution in [0.5, 0.6) is 0 Å². The summed E-state index contributed by atoms with van der Waals surface area (Å²) in [6.07, 6.45) is 5.20. The lowest BCUT2D eigenvalue weighted by atomic mass is 9.88. The fourth-order valence-electron chi connectivity index (χ4n) is 3.50. The van der Waals surface area contributed by atoms with Gasteiger partial charge in [-0.05, 0) is 25.0 Å². The predicted molar refractivity (Wildman–Crippen MR) is 102 cm³/mol. The van der Waals surface area contributed by atoms with Crippen molar-refractivity contribution >= 4 is 11.9 Å². The van der Waals surface area contributed by atoms with Gasteiger partial charge in [0.25, 0.3) is 0 Å². The zero-order chi connectivity index (χ0) is 19.6.